The van der Waals surface area contributed by atoms with E-state index in [0.717, 1.165) is 11.4 Å². The molecule has 1 unspecified atom stereocenters. The Hall–Kier alpha value is -2.55. The summed E-state index contributed by atoms with van der Waals surface area (Å²) < 4.78 is 0. The fraction of sp³-hybridized carbons (Fsp3) is 0.118. The lowest BCUT2D eigenvalue weighted by molar-refractivity contribution is 0.899. The van der Waals surface area contributed by atoms with Gasteiger partial charge in [0.05, 0.1) is 18.1 Å². The molecule has 1 atom stereocenters. The van der Waals surface area contributed by atoms with E-state index in [4.69, 9.17) is 0 Å². The van der Waals surface area contributed by atoms with Crippen molar-refractivity contribution in [2.24, 2.45) is 0 Å². The van der Waals surface area contributed by atoms with Crippen LogP contribution < -0.4 is 5.32 Å². The Kier molecular flexibility index (Phi) is 3.50. The Labute approximate surface area is 118 Å². The monoisotopic (exact) mass is 263 g/mol. The van der Waals surface area contributed by atoms with Crippen LogP contribution in [0.25, 0.3) is 0 Å². The van der Waals surface area contributed by atoms with Crippen LogP contribution in [0.4, 0.5) is 5.69 Å². The lowest BCUT2D eigenvalue weighted by Gasteiger charge is -2.18. The van der Waals surface area contributed by atoms with Gasteiger partial charge in [-0.25, -0.2) is 4.98 Å². The number of H-pyrrole nitrogens is 1. The van der Waals surface area contributed by atoms with Crippen LogP contribution in [0, 0.1) is 6.92 Å². The van der Waals surface area contributed by atoms with E-state index >= 15 is 0 Å². The van der Waals surface area contributed by atoms with E-state index in [1.807, 2.05) is 24.4 Å². The van der Waals surface area contributed by atoms with Gasteiger partial charge in [-0.1, -0.05) is 48.0 Å². The molecule has 0 spiro atoms. The van der Waals surface area contributed by atoms with E-state index in [9.17, 15) is 0 Å². The molecular weight excluding hydrogens is 246 g/mol. The standard InChI is InChI=1S/C17H17N3/c1-13-7-9-15(10-8-13)20-17(16-11-18-12-19-16)14-5-3-2-4-6-14/h2-12,17,20H,1H3,(H,18,19). The largest absolute Gasteiger partial charge is 0.373 e. The van der Waals surface area contributed by atoms with Crippen molar-refractivity contribution in [3.05, 3.63) is 83.9 Å². The lowest BCUT2D eigenvalue weighted by atomic mass is 10.0. The molecule has 0 fully saturated rings. The molecule has 0 bridgehead atoms. The van der Waals surface area contributed by atoms with E-state index in [0.29, 0.717) is 0 Å². The minimum Gasteiger partial charge on any atom is -0.373 e. The fourth-order valence-electron chi connectivity index (χ4n) is 2.22. The molecule has 0 aliphatic heterocycles. The molecule has 100 valence electrons. The quantitative estimate of drug-likeness (QED) is 0.749. The summed E-state index contributed by atoms with van der Waals surface area (Å²) in [6, 6.07) is 18.8. The highest BCUT2D eigenvalue weighted by Crippen LogP contribution is 2.25. The molecule has 2 aromatic carbocycles. The topological polar surface area (TPSA) is 40.7 Å². The molecule has 3 rings (SSSR count). The number of hydrogen-bond donors (Lipinski definition) is 2. The minimum absolute atomic E-state index is 0.0464. The van der Waals surface area contributed by atoms with E-state index < -0.39 is 0 Å². The first-order valence-electron chi connectivity index (χ1n) is 6.70. The van der Waals surface area contributed by atoms with Crippen molar-refractivity contribution < 1.29 is 0 Å². The normalized spacial score (nSPS) is 12.1. The number of hydrogen-bond acceptors (Lipinski definition) is 2. The van der Waals surface area contributed by atoms with Crippen molar-refractivity contribution in [2.45, 2.75) is 13.0 Å². The second-order valence-corrected chi connectivity index (χ2v) is 4.85. The van der Waals surface area contributed by atoms with Gasteiger partial charge in [-0.05, 0) is 24.6 Å². The molecular formula is C17H17N3. The summed E-state index contributed by atoms with van der Waals surface area (Å²) in [7, 11) is 0. The average Bonchev–Trinajstić information content (AvgIpc) is 3.01. The number of aromatic nitrogens is 2. The van der Waals surface area contributed by atoms with Gasteiger partial charge in [0, 0.05) is 11.9 Å². The Morgan fingerprint density at radius 2 is 1.75 bits per heavy atom. The predicted octanol–water partition coefficient (Wildman–Crippen LogP) is 3.92. The van der Waals surface area contributed by atoms with Crippen LogP contribution in [0.2, 0.25) is 0 Å². The molecule has 1 heterocycles. The van der Waals surface area contributed by atoms with Gasteiger partial charge >= 0.3 is 0 Å². The van der Waals surface area contributed by atoms with Gasteiger partial charge in [-0.2, -0.15) is 0 Å². The summed E-state index contributed by atoms with van der Waals surface area (Å²) in [4.78, 5) is 7.41. The molecule has 0 radical (unpaired) electrons. The van der Waals surface area contributed by atoms with Crippen LogP contribution in [-0.4, -0.2) is 9.97 Å². The number of nitrogens with zero attached hydrogens (tertiary/aromatic N) is 1. The van der Waals surface area contributed by atoms with Crippen molar-refractivity contribution in [2.75, 3.05) is 5.32 Å². The minimum atomic E-state index is 0.0464. The highest BCUT2D eigenvalue weighted by atomic mass is 15.0. The van der Waals surface area contributed by atoms with Gasteiger partial charge in [-0.15, -0.1) is 0 Å². The van der Waals surface area contributed by atoms with E-state index in [-0.39, 0.29) is 6.04 Å². The molecule has 0 aliphatic rings. The van der Waals surface area contributed by atoms with Crippen LogP contribution in [0.3, 0.4) is 0 Å². The van der Waals surface area contributed by atoms with E-state index in [1.54, 1.807) is 6.33 Å². The summed E-state index contributed by atoms with van der Waals surface area (Å²) in [6.45, 7) is 2.09. The van der Waals surface area contributed by atoms with Crippen molar-refractivity contribution in [1.29, 1.82) is 0 Å². The fourth-order valence-corrected chi connectivity index (χ4v) is 2.22. The van der Waals surface area contributed by atoms with Crippen LogP contribution in [0.15, 0.2) is 67.1 Å². The number of rotatable bonds is 4. The molecule has 20 heavy (non-hydrogen) atoms. The molecule has 0 saturated heterocycles. The number of aromatic amines is 1. The van der Waals surface area contributed by atoms with E-state index in [2.05, 4.69) is 58.6 Å². The van der Waals surface area contributed by atoms with Gasteiger partial charge in [0.2, 0.25) is 0 Å². The average molecular weight is 263 g/mol. The second kappa shape index (κ2) is 5.61. The van der Waals surface area contributed by atoms with Crippen molar-refractivity contribution in [3.63, 3.8) is 0 Å². The van der Waals surface area contributed by atoms with Crippen LogP contribution in [0.5, 0.6) is 0 Å². The molecule has 0 saturated carbocycles. The smallest absolute Gasteiger partial charge is 0.0955 e. The number of anilines is 1. The van der Waals surface area contributed by atoms with Crippen molar-refractivity contribution in [1.82, 2.24) is 9.97 Å². The van der Waals surface area contributed by atoms with Gasteiger partial charge in [-0.3, -0.25) is 0 Å². The van der Waals surface area contributed by atoms with Crippen LogP contribution >= 0.6 is 0 Å². The number of imidazole rings is 1. The lowest BCUT2D eigenvalue weighted by Crippen LogP contribution is -2.12. The first-order valence-corrected chi connectivity index (χ1v) is 6.70. The van der Waals surface area contributed by atoms with Gasteiger partial charge in [0.25, 0.3) is 0 Å². The Balaban J connectivity index is 1.92. The highest BCUT2D eigenvalue weighted by molar-refractivity contribution is 5.48. The van der Waals surface area contributed by atoms with Crippen LogP contribution in [-0.2, 0) is 0 Å². The molecule has 3 heteroatoms. The third-order valence-corrected chi connectivity index (χ3v) is 3.31. The third-order valence-electron chi connectivity index (χ3n) is 3.31. The SMILES string of the molecule is Cc1ccc(NC(c2ccccc2)c2c[nH]cn2)cc1. The molecule has 0 amide bonds. The Bertz CT molecular complexity index is 642. The Morgan fingerprint density at radius 3 is 2.40 bits per heavy atom. The third kappa shape index (κ3) is 2.72. The molecule has 3 nitrogen and oxygen atoms in total. The molecule has 1 aromatic heterocycles. The Morgan fingerprint density at radius 1 is 1.00 bits per heavy atom. The first kappa shape index (κ1) is 12.5. The van der Waals surface area contributed by atoms with Crippen LogP contribution in [0.1, 0.15) is 22.9 Å². The highest BCUT2D eigenvalue weighted by Gasteiger charge is 2.15. The maximum absolute atomic E-state index is 4.39. The maximum atomic E-state index is 4.39. The summed E-state index contributed by atoms with van der Waals surface area (Å²) in [6.07, 6.45) is 3.64. The number of aryl methyl sites for hydroxylation is 1. The number of benzene rings is 2. The zero-order valence-corrected chi connectivity index (χ0v) is 11.4. The van der Waals surface area contributed by atoms with Crippen molar-refractivity contribution >= 4 is 5.69 Å². The number of nitrogens with one attached hydrogen (secondary N) is 2. The molecule has 2 N–H and O–H groups in total. The first-order chi connectivity index (χ1) is 9.83. The van der Waals surface area contributed by atoms with Gasteiger partial charge < -0.3 is 10.3 Å². The van der Waals surface area contributed by atoms with E-state index in [1.165, 1.54) is 11.1 Å². The summed E-state index contributed by atoms with van der Waals surface area (Å²) in [5.74, 6) is 0. The zero-order chi connectivity index (χ0) is 13.8. The van der Waals surface area contributed by atoms with Crippen molar-refractivity contribution in [3.8, 4) is 0 Å². The summed E-state index contributed by atoms with van der Waals surface area (Å²) in [5.41, 5.74) is 4.52. The summed E-state index contributed by atoms with van der Waals surface area (Å²) >= 11 is 0. The molecule has 0 aliphatic carbocycles. The predicted molar refractivity (Wildman–Crippen MR) is 81.7 cm³/mol. The zero-order valence-electron chi connectivity index (χ0n) is 11.4. The molecule has 3 aromatic rings. The summed E-state index contributed by atoms with van der Waals surface area (Å²) in [5, 5.41) is 3.54. The maximum Gasteiger partial charge on any atom is 0.0955 e. The van der Waals surface area contributed by atoms with Gasteiger partial charge in [0.15, 0.2) is 0 Å². The second-order valence-electron chi connectivity index (χ2n) is 4.85. The van der Waals surface area contributed by atoms with Gasteiger partial charge in [0.1, 0.15) is 0 Å².